The van der Waals surface area contributed by atoms with Crippen LogP contribution in [-0.4, -0.2) is 24.8 Å². The number of hydrogen-bond donors (Lipinski definition) is 3. The molecule has 0 aliphatic carbocycles. The maximum atomic E-state index is 12.6. The van der Waals surface area contributed by atoms with E-state index in [0.29, 0.717) is 22.8 Å². The first-order chi connectivity index (χ1) is 11.9. The second kappa shape index (κ2) is 7.96. The second-order valence-corrected chi connectivity index (χ2v) is 5.31. The molecule has 0 saturated carbocycles. The van der Waals surface area contributed by atoms with Gasteiger partial charge in [-0.05, 0) is 36.4 Å². The highest BCUT2D eigenvalue weighted by atomic mass is 16.5. The van der Waals surface area contributed by atoms with Crippen LogP contribution in [0, 0.1) is 0 Å². The van der Waals surface area contributed by atoms with Crippen molar-refractivity contribution in [1.29, 1.82) is 0 Å². The van der Waals surface area contributed by atoms with E-state index in [0.717, 1.165) is 0 Å². The summed E-state index contributed by atoms with van der Waals surface area (Å²) in [4.78, 5) is 34.9. The van der Waals surface area contributed by atoms with E-state index in [4.69, 9.17) is 4.74 Å². The van der Waals surface area contributed by atoms with Crippen molar-refractivity contribution in [2.75, 3.05) is 23.1 Å². The minimum absolute atomic E-state index is 0.201. The molecule has 0 aliphatic heterocycles. The summed E-state index contributed by atoms with van der Waals surface area (Å²) in [5.74, 6) is -0.457. The fraction of sp³-hybridized carbons (Fsp3) is 0.167. The van der Waals surface area contributed by atoms with Gasteiger partial charge < -0.3 is 20.7 Å². The van der Waals surface area contributed by atoms with Crippen molar-refractivity contribution in [1.82, 2.24) is 0 Å². The zero-order chi connectivity index (χ0) is 18.4. The van der Waals surface area contributed by atoms with Crippen LogP contribution >= 0.6 is 0 Å². The van der Waals surface area contributed by atoms with Gasteiger partial charge in [0, 0.05) is 30.9 Å². The van der Waals surface area contributed by atoms with Crippen LogP contribution in [0.25, 0.3) is 0 Å². The summed E-state index contributed by atoms with van der Waals surface area (Å²) >= 11 is 0. The molecule has 0 atom stereocenters. The zero-order valence-electron chi connectivity index (χ0n) is 14.2. The Balaban J connectivity index is 2.25. The highest BCUT2D eigenvalue weighted by Gasteiger charge is 2.14. The molecule has 7 heteroatoms. The van der Waals surface area contributed by atoms with Gasteiger partial charge >= 0.3 is 0 Å². The lowest BCUT2D eigenvalue weighted by molar-refractivity contribution is -0.115. The Labute approximate surface area is 145 Å². The molecule has 0 aromatic heterocycles. The quantitative estimate of drug-likeness (QED) is 0.779. The molecule has 2 rings (SSSR count). The number of anilines is 3. The third-order valence-corrected chi connectivity index (χ3v) is 3.21. The number of amides is 3. The van der Waals surface area contributed by atoms with Gasteiger partial charge in [0.15, 0.2) is 0 Å². The number of nitrogens with one attached hydrogen (secondary N) is 3. The van der Waals surface area contributed by atoms with Gasteiger partial charge in [-0.25, -0.2) is 0 Å². The van der Waals surface area contributed by atoms with Gasteiger partial charge in [-0.2, -0.15) is 0 Å². The van der Waals surface area contributed by atoms with Crippen LogP contribution in [0.5, 0.6) is 5.75 Å². The van der Waals surface area contributed by atoms with E-state index in [9.17, 15) is 14.4 Å². The van der Waals surface area contributed by atoms with Crippen molar-refractivity contribution in [3.63, 3.8) is 0 Å². The number of ether oxygens (including phenoxy) is 1. The molecule has 0 saturated heterocycles. The standard InChI is InChI=1S/C18H19N3O4/c1-11(22)19-13-5-4-6-14(9-13)21-18(24)16-10-15(20-12(2)23)7-8-17(16)25-3/h4-10H,1-3H3,(H,19,22)(H,20,23)(H,21,24). The molecule has 0 unspecified atom stereocenters. The van der Waals surface area contributed by atoms with Crippen LogP contribution in [0.15, 0.2) is 42.5 Å². The van der Waals surface area contributed by atoms with E-state index in [2.05, 4.69) is 16.0 Å². The minimum Gasteiger partial charge on any atom is -0.496 e. The fourth-order valence-corrected chi connectivity index (χ4v) is 2.24. The van der Waals surface area contributed by atoms with Crippen molar-refractivity contribution in [2.45, 2.75) is 13.8 Å². The Bertz CT molecular complexity index is 818. The summed E-state index contributed by atoms with van der Waals surface area (Å²) in [6.45, 7) is 2.79. The number of hydrogen-bond acceptors (Lipinski definition) is 4. The summed E-state index contributed by atoms with van der Waals surface area (Å²) < 4.78 is 5.21. The third kappa shape index (κ3) is 5.07. The van der Waals surface area contributed by atoms with Crippen molar-refractivity contribution in [3.8, 4) is 5.75 Å². The van der Waals surface area contributed by atoms with Gasteiger partial charge in [0.2, 0.25) is 11.8 Å². The Morgan fingerprint density at radius 3 is 1.92 bits per heavy atom. The Kier molecular flexibility index (Phi) is 5.73. The SMILES string of the molecule is COc1ccc(NC(C)=O)cc1C(=O)Nc1cccc(NC(C)=O)c1. The van der Waals surface area contributed by atoms with Gasteiger partial charge in [-0.15, -0.1) is 0 Å². The number of methoxy groups -OCH3 is 1. The molecule has 0 fully saturated rings. The molecule has 0 heterocycles. The van der Waals surface area contributed by atoms with Crippen LogP contribution < -0.4 is 20.7 Å². The zero-order valence-corrected chi connectivity index (χ0v) is 14.2. The largest absolute Gasteiger partial charge is 0.496 e. The molecule has 0 spiro atoms. The average Bonchev–Trinajstić information content (AvgIpc) is 2.54. The van der Waals surface area contributed by atoms with E-state index in [1.165, 1.54) is 27.0 Å². The minimum atomic E-state index is -0.399. The van der Waals surface area contributed by atoms with Crippen LogP contribution in [-0.2, 0) is 9.59 Å². The molecule has 3 amide bonds. The molecule has 2 aromatic rings. The first-order valence-corrected chi connectivity index (χ1v) is 7.53. The van der Waals surface area contributed by atoms with E-state index in [-0.39, 0.29) is 17.4 Å². The Morgan fingerprint density at radius 1 is 0.800 bits per heavy atom. The van der Waals surface area contributed by atoms with Crippen molar-refractivity contribution >= 4 is 34.8 Å². The normalized spacial score (nSPS) is 9.88. The van der Waals surface area contributed by atoms with Crippen molar-refractivity contribution < 1.29 is 19.1 Å². The first-order valence-electron chi connectivity index (χ1n) is 7.53. The van der Waals surface area contributed by atoms with Crippen LogP contribution in [0.4, 0.5) is 17.1 Å². The van der Waals surface area contributed by atoms with Gasteiger partial charge in [0.1, 0.15) is 5.75 Å². The van der Waals surface area contributed by atoms with E-state index in [1.807, 2.05) is 0 Å². The Hall–Kier alpha value is -3.35. The maximum Gasteiger partial charge on any atom is 0.259 e. The topological polar surface area (TPSA) is 96.5 Å². The smallest absolute Gasteiger partial charge is 0.259 e. The molecule has 2 aromatic carbocycles. The maximum absolute atomic E-state index is 12.6. The van der Waals surface area contributed by atoms with Gasteiger partial charge in [0.05, 0.1) is 12.7 Å². The predicted octanol–water partition coefficient (Wildman–Crippen LogP) is 2.86. The lowest BCUT2D eigenvalue weighted by Gasteiger charge is -2.12. The lowest BCUT2D eigenvalue weighted by Crippen LogP contribution is -2.15. The highest BCUT2D eigenvalue weighted by molar-refractivity contribution is 6.07. The average molecular weight is 341 g/mol. The van der Waals surface area contributed by atoms with Crippen LogP contribution in [0.3, 0.4) is 0 Å². The summed E-state index contributed by atoms with van der Waals surface area (Å²) in [5.41, 5.74) is 1.86. The van der Waals surface area contributed by atoms with Gasteiger partial charge in [-0.1, -0.05) is 6.07 Å². The van der Waals surface area contributed by atoms with Crippen LogP contribution in [0.2, 0.25) is 0 Å². The molecule has 0 aliphatic rings. The summed E-state index contributed by atoms with van der Waals surface area (Å²) in [6, 6.07) is 11.6. The first kappa shape index (κ1) is 18.0. The summed E-state index contributed by atoms with van der Waals surface area (Å²) in [7, 11) is 1.46. The molecule has 3 N–H and O–H groups in total. The second-order valence-electron chi connectivity index (χ2n) is 5.31. The number of carbonyl (C=O) groups excluding carboxylic acids is 3. The summed E-state index contributed by atoms with van der Waals surface area (Å²) in [6.07, 6.45) is 0. The monoisotopic (exact) mass is 341 g/mol. The highest BCUT2D eigenvalue weighted by Crippen LogP contribution is 2.24. The van der Waals surface area contributed by atoms with Gasteiger partial charge in [0.25, 0.3) is 5.91 Å². The molecule has 0 radical (unpaired) electrons. The predicted molar refractivity (Wildman–Crippen MR) is 96.0 cm³/mol. The fourth-order valence-electron chi connectivity index (χ4n) is 2.24. The van der Waals surface area contributed by atoms with E-state index in [1.54, 1.807) is 36.4 Å². The van der Waals surface area contributed by atoms with Crippen molar-refractivity contribution in [2.24, 2.45) is 0 Å². The molecule has 0 bridgehead atoms. The molecular weight excluding hydrogens is 322 g/mol. The lowest BCUT2D eigenvalue weighted by atomic mass is 10.1. The number of benzene rings is 2. The van der Waals surface area contributed by atoms with E-state index < -0.39 is 5.91 Å². The van der Waals surface area contributed by atoms with Crippen molar-refractivity contribution in [3.05, 3.63) is 48.0 Å². The summed E-state index contributed by atoms with van der Waals surface area (Å²) in [5, 5.41) is 8.02. The van der Waals surface area contributed by atoms with E-state index >= 15 is 0 Å². The third-order valence-electron chi connectivity index (χ3n) is 3.21. The Morgan fingerprint density at radius 2 is 1.36 bits per heavy atom. The molecule has 7 nitrogen and oxygen atoms in total. The van der Waals surface area contributed by atoms with Gasteiger partial charge in [-0.3, -0.25) is 14.4 Å². The van der Waals surface area contributed by atoms with Crippen LogP contribution in [0.1, 0.15) is 24.2 Å². The molecular formula is C18H19N3O4. The number of carbonyl (C=O) groups is 3. The molecule has 130 valence electrons. The number of rotatable bonds is 5. The molecule has 25 heavy (non-hydrogen) atoms.